The number of nitrogens with zero attached hydrogens (tertiary/aromatic N) is 1. The van der Waals surface area contributed by atoms with Crippen molar-refractivity contribution in [3.63, 3.8) is 0 Å². The van der Waals surface area contributed by atoms with Crippen molar-refractivity contribution >= 4 is 22.9 Å². The lowest BCUT2D eigenvalue weighted by Crippen LogP contribution is -2.24. The van der Waals surface area contributed by atoms with E-state index < -0.39 is 0 Å². The van der Waals surface area contributed by atoms with E-state index in [4.69, 9.17) is 9.47 Å². The molecule has 0 spiro atoms. The van der Waals surface area contributed by atoms with Crippen LogP contribution in [0.25, 0.3) is 21.9 Å². The number of methoxy groups -OCH3 is 1. The van der Waals surface area contributed by atoms with Crippen molar-refractivity contribution in [1.82, 2.24) is 5.43 Å². The Morgan fingerprint density at radius 3 is 2.35 bits per heavy atom. The highest BCUT2D eigenvalue weighted by molar-refractivity contribution is 6.02. The average molecular weight is 410 g/mol. The summed E-state index contributed by atoms with van der Waals surface area (Å²) in [5.74, 6) is 1.10. The van der Waals surface area contributed by atoms with Gasteiger partial charge >= 0.3 is 0 Å². The predicted molar refractivity (Wildman–Crippen MR) is 124 cm³/mol. The van der Waals surface area contributed by atoms with E-state index in [1.54, 1.807) is 13.3 Å². The van der Waals surface area contributed by atoms with Crippen LogP contribution in [0, 0.1) is 0 Å². The summed E-state index contributed by atoms with van der Waals surface area (Å²) in [6, 6.07) is 29.2. The number of para-hydroxylation sites is 1. The molecule has 0 aliphatic heterocycles. The van der Waals surface area contributed by atoms with Crippen LogP contribution in [0.1, 0.15) is 5.56 Å². The lowest BCUT2D eigenvalue weighted by Gasteiger charge is -2.11. The van der Waals surface area contributed by atoms with Gasteiger partial charge in [-0.2, -0.15) is 5.10 Å². The van der Waals surface area contributed by atoms with Crippen LogP contribution in [0.5, 0.6) is 11.5 Å². The second-order valence-electron chi connectivity index (χ2n) is 6.85. The van der Waals surface area contributed by atoms with E-state index in [2.05, 4.69) is 10.5 Å². The molecule has 0 aliphatic rings. The molecule has 0 heterocycles. The Morgan fingerprint density at radius 1 is 0.839 bits per heavy atom. The third-order valence-electron chi connectivity index (χ3n) is 4.86. The van der Waals surface area contributed by atoms with Gasteiger partial charge in [-0.05, 0) is 29.1 Å². The minimum absolute atomic E-state index is 0.134. The zero-order chi connectivity index (χ0) is 21.5. The van der Waals surface area contributed by atoms with Gasteiger partial charge in [0.1, 0.15) is 11.5 Å². The summed E-state index contributed by atoms with van der Waals surface area (Å²) in [7, 11) is 1.64. The fraction of sp³-hybridized carbons (Fsp3) is 0.0769. The molecular weight excluding hydrogens is 388 g/mol. The van der Waals surface area contributed by atoms with E-state index >= 15 is 0 Å². The van der Waals surface area contributed by atoms with E-state index in [0.29, 0.717) is 5.75 Å². The highest BCUT2D eigenvalue weighted by Gasteiger charge is 2.08. The molecule has 0 atom stereocenters. The predicted octanol–water partition coefficient (Wildman–Crippen LogP) is 5.04. The smallest absolute Gasteiger partial charge is 0.277 e. The molecule has 0 saturated heterocycles. The third kappa shape index (κ3) is 4.73. The zero-order valence-electron chi connectivity index (χ0n) is 17.1. The van der Waals surface area contributed by atoms with E-state index in [1.807, 2.05) is 91.0 Å². The first-order valence-electron chi connectivity index (χ1n) is 9.91. The molecule has 0 radical (unpaired) electrons. The molecule has 0 saturated carbocycles. The number of nitrogens with one attached hydrogen (secondary N) is 1. The lowest BCUT2D eigenvalue weighted by molar-refractivity contribution is -0.123. The van der Waals surface area contributed by atoms with Gasteiger partial charge in [-0.15, -0.1) is 0 Å². The van der Waals surface area contributed by atoms with Crippen molar-refractivity contribution < 1.29 is 14.3 Å². The minimum atomic E-state index is -0.336. The zero-order valence-corrected chi connectivity index (χ0v) is 17.1. The molecule has 4 rings (SSSR count). The van der Waals surface area contributed by atoms with Gasteiger partial charge in [-0.1, -0.05) is 72.8 Å². The number of hydrazone groups is 1. The molecular formula is C26H22N2O3. The molecule has 4 aromatic carbocycles. The summed E-state index contributed by atoms with van der Waals surface area (Å²) in [5, 5.41) is 6.08. The molecule has 0 aromatic heterocycles. The lowest BCUT2D eigenvalue weighted by atomic mass is 10.0. The van der Waals surface area contributed by atoms with Gasteiger partial charge < -0.3 is 9.47 Å². The number of rotatable bonds is 7. The highest BCUT2D eigenvalue weighted by atomic mass is 16.5. The van der Waals surface area contributed by atoms with E-state index in [-0.39, 0.29) is 12.5 Å². The molecule has 0 bridgehead atoms. The maximum atomic E-state index is 12.2. The molecule has 1 amide bonds. The van der Waals surface area contributed by atoms with Crippen molar-refractivity contribution in [2.24, 2.45) is 5.10 Å². The number of carbonyl (C=O) groups is 1. The normalized spacial score (nSPS) is 10.9. The largest absolute Gasteiger partial charge is 0.496 e. The fourth-order valence-corrected chi connectivity index (χ4v) is 3.38. The second kappa shape index (κ2) is 9.59. The molecule has 0 aliphatic carbocycles. The topological polar surface area (TPSA) is 59.9 Å². The Morgan fingerprint density at radius 2 is 1.55 bits per heavy atom. The van der Waals surface area contributed by atoms with Crippen LogP contribution in [0.2, 0.25) is 0 Å². The Labute approximate surface area is 180 Å². The van der Waals surface area contributed by atoms with Gasteiger partial charge in [0, 0.05) is 16.5 Å². The van der Waals surface area contributed by atoms with Crippen LogP contribution in [0.4, 0.5) is 0 Å². The standard InChI is InChI=1S/C26H22N2O3/c1-30-24-16-15-20(21-11-5-6-13-23(21)24)17-27-28-26(29)18-31-25-14-8-7-12-22(25)19-9-3-2-4-10-19/h2-17H,18H2,1H3,(H,28,29). The molecule has 4 aromatic rings. The van der Waals surface area contributed by atoms with Crippen LogP contribution in [0.3, 0.4) is 0 Å². The molecule has 31 heavy (non-hydrogen) atoms. The Bertz CT molecular complexity index is 1220. The molecule has 1 N–H and O–H groups in total. The Balaban J connectivity index is 1.41. The summed E-state index contributed by atoms with van der Waals surface area (Å²) in [4.78, 5) is 12.2. The SMILES string of the molecule is COc1ccc(C=NNC(=O)COc2ccccc2-c2ccccc2)c2ccccc12. The summed E-state index contributed by atoms with van der Waals surface area (Å²) in [6.45, 7) is -0.134. The van der Waals surface area contributed by atoms with Gasteiger partial charge in [0.15, 0.2) is 6.61 Å². The number of ether oxygens (including phenoxy) is 2. The van der Waals surface area contributed by atoms with Crippen molar-refractivity contribution in [2.45, 2.75) is 0 Å². The van der Waals surface area contributed by atoms with Crippen molar-refractivity contribution in [2.75, 3.05) is 13.7 Å². The fourth-order valence-electron chi connectivity index (χ4n) is 3.38. The first-order valence-corrected chi connectivity index (χ1v) is 9.91. The van der Waals surface area contributed by atoms with Gasteiger partial charge in [0.2, 0.25) is 0 Å². The monoisotopic (exact) mass is 410 g/mol. The first kappa shape index (κ1) is 20.2. The first-order chi connectivity index (χ1) is 15.3. The van der Waals surface area contributed by atoms with Crippen LogP contribution in [0.15, 0.2) is 96.1 Å². The number of fused-ring (bicyclic) bond motifs is 1. The van der Waals surface area contributed by atoms with Crippen molar-refractivity contribution in [1.29, 1.82) is 0 Å². The van der Waals surface area contributed by atoms with Crippen molar-refractivity contribution in [3.8, 4) is 22.6 Å². The molecule has 0 unspecified atom stereocenters. The van der Waals surface area contributed by atoms with Gasteiger partial charge in [-0.3, -0.25) is 4.79 Å². The average Bonchev–Trinajstić information content (AvgIpc) is 2.83. The molecule has 5 heteroatoms. The van der Waals surface area contributed by atoms with Crippen LogP contribution in [-0.2, 0) is 4.79 Å². The number of hydrogen-bond donors (Lipinski definition) is 1. The quantitative estimate of drug-likeness (QED) is 0.343. The minimum Gasteiger partial charge on any atom is -0.496 e. The van der Waals surface area contributed by atoms with Crippen molar-refractivity contribution in [3.05, 3.63) is 96.6 Å². The summed E-state index contributed by atoms with van der Waals surface area (Å²) in [6.07, 6.45) is 1.62. The van der Waals surface area contributed by atoms with E-state index in [9.17, 15) is 4.79 Å². The summed E-state index contributed by atoms with van der Waals surface area (Å²) in [5.41, 5.74) is 5.37. The Kier molecular flexibility index (Phi) is 6.24. The molecule has 154 valence electrons. The van der Waals surface area contributed by atoms with Gasteiger partial charge in [0.05, 0.1) is 13.3 Å². The van der Waals surface area contributed by atoms with Crippen LogP contribution < -0.4 is 14.9 Å². The van der Waals surface area contributed by atoms with E-state index in [1.165, 1.54) is 0 Å². The third-order valence-corrected chi connectivity index (χ3v) is 4.86. The number of hydrogen-bond acceptors (Lipinski definition) is 4. The second-order valence-corrected chi connectivity index (χ2v) is 6.85. The van der Waals surface area contributed by atoms with Crippen LogP contribution in [-0.4, -0.2) is 25.8 Å². The molecule has 5 nitrogen and oxygen atoms in total. The van der Waals surface area contributed by atoms with Gasteiger partial charge in [0.25, 0.3) is 5.91 Å². The molecule has 0 fully saturated rings. The summed E-state index contributed by atoms with van der Waals surface area (Å²) >= 11 is 0. The number of carbonyl (C=O) groups excluding carboxylic acids is 1. The number of benzene rings is 4. The van der Waals surface area contributed by atoms with Gasteiger partial charge in [-0.25, -0.2) is 5.43 Å². The highest BCUT2D eigenvalue weighted by Crippen LogP contribution is 2.29. The van der Waals surface area contributed by atoms with E-state index in [0.717, 1.165) is 33.2 Å². The summed E-state index contributed by atoms with van der Waals surface area (Å²) < 4.78 is 11.2. The maximum Gasteiger partial charge on any atom is 0.277 e. The maximum absolute atomic E-state index is 12.2. The number of amides is 1. The Hall–Kier alpha value is -4.12. The van der Waals surface area contributed by atoms with Crippen LogP contribution >= 0.6 is 0 Å².